The average Bonchev–Trinajstić information content (AvgIpc) is 2.79. The van der Waals surface area contributed by atoms with E-state index in [2.05, 4.69) is 10.3 Å². The van der Waals surface area contributed by atoms with E-state index in [1.54, 1.807) is 23.0 Å². The monoisotopic (exact) mass is 261 g/mol. The van der Waals surface area contributed by atoms with Crippen molar-refractivity contribution in [2.75, 3.05) is 6.54 Å². The fraction of sp³-hybridized carbons (Fsp3) is 0.308. The van der Waals surface area contributed by atoms with Gasteiger partial charge in [0.2, 0.25) is 5.91 Å². The largest absolute Gasteiger partial charge is 0.478 e. The molecular formula is C13H15N3O3. The van der Waals surface area contributed by atoms with Gasteiger partial charge < -0.3 is 15.0 Å². The minimum Gasteiger partial charge on any atom is -0.478 e. The molecule has 0 atom stereocenters. The van der Waals surface area contributed by atoms with Crippen LogP contribution in [-0.4, -0.2) is 33.1 Å². The van der Waals surface area contributed by atoms with Gasteiger partial charge in [-0.1, -0.05) is 6.07 Å². The first-order valence-electron chi connectivity index (χ1n) is 6.07. The molecule has 6 nitrogen and oxygen atoms in total. The molecule has 1 aromatic carbocycles. The van der Waals surface area contributed by atoms with Crippen LogP contribution >= 0.6 is 0 Å². The summed E-state index contributed by atoms with van der Waals surface area (Å²) >= 11 is 0. The van der Waals surface area contributed by atoms with E-state index < -0.39 is 5.97 Å². The lowest BCUT2D eigenvalue weighted by atomic mass is 10.2. The first-order valence-corrected chi connectivity index (χ1v) is 6.07. The van der Waals surface area contributed by atoms with Crippen LogP contribution in [0.5, 0.6) is 0 Å². The third kappa shape index (κ3) is 2.73. The first kappa shape index (κ1) is 13.1. The Bertz CT molecular complexity index is 619. The van der Waals surface area contributed by atoms with Crippen LogP contribution in [-0.2, 0) is 11.3 Å². The van der Waals surface area contributed by atoms with Crippen molar-refractivity contribution in [2.45, 2.75) is 19.9 Å². The number of rotatable bonds is 5. The Hall–Kier alpha value is -2.37. The standard InChI is InChI=1S/C13H15N3O3/c1-2-14-11(17)6-7-16-8-15-12-9(13(18)19)4-3-5-10(12)16/h3-5,8H,2,6-7H2,1H3,(H,14,17)(H,18,19). The van der Waals surface area contributed by atoms with Crippen LogP contribution in [0.2, 0.25) is 0 Å². The van der Waals surface area contributed by atoms with Crippen molar-refractivity contribution in [3.63, 3.8) is 0 Å². The Morgan fingerprint density at radius 2 is 2.21 bits per heavy atom. The van der Waals surface area contributed by atoms with Gasteiger partial charge in [-0.3, -0.25) is 4.79 Å². The Morgan fingerprint density at radius 1 is 1.42 bits per heavy atom. The van der Waals surface area contributed by atoms with Crippen LogP contribution in [0.3, 0.4) is 0 Å². The van der Waals surface area contributed by atoms with Crippen LogP contribution < -0.4 is 5.32 Å². The summed E-state index contributed by atoms with van der Waals surface area (Å²) in [6.45, 7) is 2.95. The summed E-state index contributed by atoms with van der Waals surface area (Å²) in [6.07, 6.45) is 1.91. The lowest BCUT2D eigenvalue weighted by Crippen LogP contribution is -2.23. The van der Waals surface area contributed by atoms with Crippen molar-refractivity contribution < 1.29 is 14.7 Å². The summed E-state index contributed by atoms with van der Waals surface area (Å²) in [5.74, 6) is -1.03. The molecule has 0 saturated carbocycles. The predicted octanol–water partition coefficient (Wildman–Crippen LogP) is 1.26. The van der Waals surface area contributed by atoms with Gasteiger partial charge in [-0.2, -0.15) is 0 Å². The molecule has 2 aromatic rings. The lowest BCUT2D eigenvalue weighted by molar-refractivity contribution is -0.121. The molecule has 0 bridgehead atoms. The number of fused-ring (bicyclic) bond motifs is 1. The van der Waals surface area contributed by atoms with Crippen molar-refractivity contribution in [2.24, 2.45) is 0 Å². The van der Waals surface area contributed by atoms with Crippen LogP contribution in [0, 0.1) is 0 Å². The van der Waals surface area contributed by atoms with Crippen LogP contribution in [0.4, 0.5) is 0 Å². The third-order valence-corrected chi connectivity index (χ3v) is 2.83. The number of hydrogen-bond donors (Lipinski definition) is 2. The summed E-state index contributed by atoms with van der Waals surface area (Å²) in [7, 11) is 0. The Labute approximate surface area is 110 Å². The normalized spacial score (nSPS) is 10.6. The van der Waals surface area contributed by atoms with E-state index >= 15 is 0 Å². The number of benzene rings is 1. The molecule has 0 aliphatic carbocycles. The Kier molecular flexibility index (Phi) is 3.79. The number of nitrogens with zero attached hydrogens (tertiary/aromatic N) is 2. The zero-order chi connectivity index (χ0) is 13.8. The van der Waals surface area contributed by atoms with E-state index in [9.17, 15) is 9.59 Å². The quantitative estimate of drug-likeness (QED) is 0.848. The Balaban J connectivity index is 2.24. The highest BCUT2D eigenvalue weighted by atomic mass is 16.4. The highest BCUT2D eigenvalue weighted by Crippen LogP contribution is 2.17. The molecule has 1 aromatic heterocycles. The molecule has 19 heavy (non-hydrogen) atoms. The summed E-state index contributed by atoms with van der Waals surface area (Å²) < 4.78 is 1.79. The number of carboxylic acids is 1. The molecule has 0 aliphatic rings. The molecule has 2 N–H and O–H groups in total. The molecular weight excluding hydrogens is 246 g/mol. The van der Waals surface area contributed by atoms with Gasteiger partial charge in [0.15, 0.2) is 0 Å². The van der Waals surface area contributed by atoms with Crippen molar-refractivity contribution in [1.82, 2.24) is 14.9 Å². The smallest absolute Gasteiger partial charge is 0.337 e. The number of hydrogen-bond acceptors (Lipinski definition) is 3. The zero-order valence-corrected chi connectivity index (χ0v) is 10.6. The molecule has 2 rings (SSSR count). The van der Waals surface area contributed by atoms with Crippen molar-refractivity contribution in [3.05, 3.63) is 30.1 Å². The number of amides is 1. The number of carboxylic acid groups (broad SMARTS) is 1. The molecule has 0 unspecified atom stereocenters. The van der Waals surface area contributed by atoms with E-state index in [4.69, 9.17) is 5.11 Å². The number of aromatic nitrogens is 2. The van der Waals surface area contributed by atoms with Crippen LogP contribution in [0.1, 0.15) is 23.7 Å². The maximum Gasteiger partial charge on any atom is 0.337 e. The van der Waals surface area contributed by atoms with Crippen molar-refractivity contribution in [1.29, 1.82) is 0 Å². The number of carbonyl (C=O) groups excluding carboxylic acids is 1. The second-order valence-electron chi connectivity index (χ2n) is 4.12. The maximum absolute atomic E-state index is 11.4. The first-order chi connectivity index (χ1) is 9.13. The summed E-state index contributed by atoms with van der Waals surface area (Å²) in [5, 5.41) is 11.8. The zero-order valence-electron chi connectivity index (χ0n) is 10.6. The molecule has 0 aliphatic heterocycles. The molecule has 0 radical (unpaired) electrons. The van der Waals surface area contributed by atoms with E-state index in [1.807, 2.05) is 6.92 Å². The fourth-order valence-electron chi connectivity index (χ4n) is 1.95. The minimum absolute atomic E-state index is 0.0289. The number of nitrogens with one attached hydrogen (secondary N) is 1. The molecule has 6 heteroatoms. The number of imidazole rings is 1. The maximum atomic E-state index is 11.4. The van der Waals surface area contributed by atoms with E-state index in [0.29, 0.717) is 25.0 Å². The van der Waals surface area contributed by atoms with Gasteiger partial charge >= 0.3 is 5.97 Å². The van der Waals surface area contributed by atoms with Gasteiger partial charge in [-0.25, -0.2) is 9.78 Å². The third-order valence-electron chi connectivity index (χ3n) is 2.83. The molecule has 0 spiro atoms. The van der Waals surface area contributed by atoms with Gasteiger partial charge in [0.25, 0.3) is 0 Å². The van der Waals surface area contributed by atoms with Crippen LogP contribution in [0.25, 0.3) is 11.0 Å². The van der Waals surface area contributed by atoms with Crippen molar-refractivity contribution in [3.8, 4) is 0 Å². The van der Waals surface area contributed by atoms with Crippen molar-refractivity contribution >= 4 is 22.9 Å². The number of carbonyl (C=O) groups is 2. The second-order valence-corrected chi connectivity index (χ2v) is 4.12. The number of aryl methyl sites for hydroxylation is 1. The fourth-order valence-corrected chi connectivity index (χ4v) is 1.95. The summed E-state index contributed by atoms with van der Waals surface area (Å²) in [4.78, 5) is 26.6. The minimum atomic E-state index is -1.00. The molecule has 1 amide bonds. The van der Waals surface area contributed by atoms with E-state index in [-0.39, 0.29) is 11.5 Å². The number of aromatic carboxylic acids is 1. The highest BCUT2D eigenvalue weighted by Gasteiger charge is 2.12. The summed E-state index contributed by atoms with van der Waals surface area (Å²) in [6, 6.07) is 4.99. The molecule has 0 saturated heterocycles. The number of para-hydroxylation sites is 1. The Morgan fingerprint density at radius 3 is 2.89 bits per heavy atom. The van der Waals surface area contributed by atoms with E-state index in [1.165, 1.54) is 6.07 Å². The highest BCUT2D eigenvalue weighted by molar-refractivity contribution is 6.00. The molecule has 1 heterocycles. The average molecular weight is 261 g/mol. The van der Waals surface area contributed by atoms with Gasteiger partial charge in [0.05, 0.1) is 17.4 Å². The van der Waals surface area contributed by atoms with E-state index in [0.717, 1.165) is 5.52 Å². The summed E-state index contributed by atoms with van der Waals surface area (Å²) in [5.41, 5.74) is 1.35. The molecule has 100 valence electrons. The topological polar surface area (TPSA) is 84.2 Å². The van der Waals surface area contributed by atoms with Gasteiger partial charge in [-0.05, 0) is 19.1 Å². The molecule has 0 fully saturated rings. The van der Waals surface area contributed by atoms with Gasteiger partial charge in [0, 0.05) is 19.5 Å². The van der Waals surface area contributed by atoms with Gasteiger partial charge in [0.1, 0.15) is 5.52 Å². The lowest BCUT2D eigenvalue weighted by Gasteiger charge is -2.05. The predicted molar refractivity (Wildman–Crippen MR) is 70.0 cm³/mol. The SMILES string of the molecule is CCNC(=O)CCn1cnc2c(C(=O)O)cccc21. The van der Waals surface area contributed by atoms with Gasteiger partial charge in [-0.15, -0.1) is 0 Å². The second kappa shape index (κ2) is 5.51. The van der Waals surface area contributed by atoms with Crippen LogP contribution in [0.15, 0.2) is 24.5 Å².